The maximum atomic E-state index is 6.37. The molecule has 1 aromatic carbocycles. The van der Waals surface area contributed by atoms with Gasteiger partial charge < -0.3 is 4.12 Å². The molecule has 0 unspecified atom stereocenters. The first-order chi connectivity index (χ1) is 7.86. The predicted molar refractivity (Wildman–Crippen MR) is 77.8 cm³/mol. The monoisotopic (exact) mass is 265 g/mol. The van der Waals surface area contributed by atoms with Crippen LogP contribution in [-0.2, 0) is 10.7 Å². The van der Waals surface area contributed by atoms with Gasteiger partial charge in [0.25, 0.3) is 0 Å². The Kier molecular flexibility index (Phi) is 3.59. The molecule has 0 amide bonds. The SMILES string of the molecule is C[Si]1(C)CN(Cc2ccccc2)C[Si](C)(C)O1. The zero-order valence-electron chi connectivity index (χ0n) is 11.4. The zero-order chi connectivity index (χ0) is 12.5. The molecule has 1 aliphatic rings. The van der Waals surface area contributed by atoms with E-state index < -0.39 is 16.6 Å². The molecule has 17 heavy (non-hydrogen) atoms. The molecule has 0 aromatic heterocycles. The Labute approximate surface area is 107 Å². The van der Waals surface area contributed by atoms with Crippen molar-refractivity contribution in [2.75, 3.05) is 12.3 Å². The van der Waals surface area contributed by atoms with E-state index in [-0.39, 0.29) is 0 Å². The molecule has 0 saturated carbocycles. The molecule has 1 heterocycles. The summed E-state index contributed by atoms with van der Waals surface area (Å²) in [4.78, 5) is 2.61. The summed E-state index contributed by atoms with van der Waals surface area (Å²) >= 11 is 0. The van der Waals surface area contributed by atoms with E-state index in [2.05, 4.69) is 61.4 Å². The highest BCUT2D eigenvalue weighted by Crippen LogP contribution is 2.23. The third kappa shape index (κ3) is 3.77. The summed E-state index contributed by atoms with van der Waals surface area (Å²) in [7, 11) is -2.91. The second kappa shape index (κ2) is 4.68. The Morgan fingerprint density at radius 1 is 1.00 bits per heavy atom. The van der Waals surface area contributed by atoms with Crippen LogP contribution in [0.25, 0.3) is 0 Å². The van der Waals surface area contributed by atoms with Gasteiger partial charge in [0.15, 0.2) is 16.6 Å². The van der Waals surface area contributed by atoms with Crippen molar-refractivity contribution in [3.63, 3.8) is 0 Å². The Morgan fingerprint density at radius 3 is 2.06 bits per heavy atom. The average Bonchev–Trinajstić information content (AvgIpc) is 2.13. The van der Waals surface area contributed by atoms with Gasteiger partial charge in [0.2, 0.25) is 0 Å². The van der Waals surface area contributed by atoms with Gasteiger partial charge in [0.05, 0.1) is 0 Å². The van der Waals surface area contributed by atoms with Crippen LogP contribution in [0.2, 0.25) is 26.2 Å². The van der Waals surface area contributed by atoms with Crippen LogP contribution < -0.4 is 0 Å². The summed E-state index contributed by atoms with van der Waals surface area (Å²) in [6.07, 6.45) is 2.33. The van der Waals surface area contributed by atoms with E-state index in [9.17, 15) is 0 Å². The van der Waals surface area contributed by atoms with Crippen molar-refractivity contribution >= 4 is 16.6 Å². The van der Waals surface area contributed by atoms with Crippen LogP contribution in [0.1, 0.15) is 5.56 Å². The van der Waals surface area contributed by atoms with Crippen LogP contribution in [0.3, 0.4) is 0 Å². The molecule has 2 rings (SSSR count). The molecule has 1 fully saturated rings. The molecule has 0 atom stereocenters. The lowest BCUT2D eigenvalue weighted by molar-refractivity contribution is 0.291. The third-order valence-corrected chi connectivity index (χ3v) is 9.85. The molecule has 0 bridgehead atoms. The van der Waals surface area contributed by atoms with Crippen molar-refractivity contribution in [2.45, 2.75) is 32.7 Å². The summed E-state index contributed by atoms with van der Waals surface area (Å²) in [5, 5.41) is 0. The van der Waals surface area contributed by atoms with Crippen molar-refractivity contribution < 1.29 is 4.12 Å². The fourth-order valence-corrected chi connectivity index (χ4v) is 12.2. The largest absolute Gasteiger partial charge is 0.454 e. The van der Waals surface area contributed by atoms with Gasteiger partial charge in [0.1, 0.15) is 0 Å². The van der Waals surface area contributed by atoms with Gasteiger partial charge in [-0.3, -0.25) is 4.90 Å². The van der Waals surface area contributed by atoms with Crippen LogP contribution in [0, 0.1) is 0 Å². The van der Waals surface area contributed by atoms with E-state index in [4.69, 9.17) is 4.12 Å². The number of benzene rings is 1. The molecular weight excluding hydrogens is 242 g/mol. The van der Waals surface area contributed by atoms with Gasteiger partial charge in [-0.25, -0.2) is 0 Å². The van der Waals surface area contributed by atoms with E-state index in [0.717, 1.165) is 6.54 Å². The Hall–Kier alpha value is -0.426. The molecule has 0 radical (unpaired) electrons. The van der Waals surface area contributed by atoms with E-state index in [1.54, 1.807) is 0 Å². The fourth-order valence-electron chi connectivity index (χ4n) is 2.90. The fraction of sp³-hybridized carbons (Fsp3) is 0.538. The highest BCUT2D eigenvalue weighted by molar-refractivity contribution is 6.86. The van der Waals surface area contributed by atoms with Crippen molar-refractivity contribution in [3.05, 3.63) is 35.9 Å². The first-order valence-electron chi connectivity index (χ1n) is 6.33. The predicted octanol–water partition coefficient (Wildman–Crippen LogP) is 3.01. The van der Waals surface area contributed by atoms with Crippen LogP contribution in [0.5, 0.6) is 0 Å². The van der Waals surface area contributed by atoms with Crippen molar-refractivity contribution in [2.24, 2.45) is 0 Å². The molecule has 0 N–H and O–H groups in total. The minimum absolute atomic E-state index is 1.08. The smallest absolute Gasteiger partial charge is 0.187 e. The zero-order valence-corrected chi connectivity index (χ0v) is 13.4. The number of hydrogen-bond donors (Lipinski definition) is 0. The van der Waals surface area contributed by atoms with Crippen LogP contribution in [0.15, 0.2) is 30.3 Å². The minimum Gasteiger partial charge on any atom is -0.454 e. The second-order valence-electron chi connectivity index (χ2n) is 6.25. The summed E-state index contributed by atoms with van der Waals surface area (Å²) in [6, 6.07) is 10.8. The van der Waals surface area contributed by atoms with Crippen LogP contribution in [0.4, 0.5) is 0 Å². The normalized spacial score (nSPS) is 23.5. The average molecular weight is 266 g/mol. The van der Waals surface area contributed by atoms with E-state index in [0.29, 0.717) is 0 Å². The van der Waals surface area contributed by atoms with Gasteiger partial charge in [-0.1, -0.05) is 30.3 Å². The molecule has 1 aromatic rings. The molecule has 1 aliphatic heterocycles. The van der Waals surface area contributed by atoms with Gasteiger partial charge in [0, 0.05) is 18.9 Å². The Morgan fingerprint density at radius 2 is 1.53 bits per heavy atom. The lowest BCUT2D eigenvalue weighted by Gasteiger charge is -2.45. The molecule has 94 valence electrons. The van der Waals surface area contributed by atoms with Gasteiger partial charge in [-0.15, -0.1) is 0 Å². The molecule has 2 nitrogen and oxygen atoms in total. The van der Waals surface area contributed by atoms with Crippen LogP contribution in [-0.4, -0.2) is 33.9 Å². The first kappa shape index (κ1) is 13.0. The number of hydrogen-bond acceptors (Lipinski definition) is 2. The lowest BCUT2D eigenvalue weighted by atomic mass is 10.2. The van der Waals surface area contributed by atoms with E-state index in [1.807, 2.05) is 0 Å². The molecule has 1 saturated heterocycles. The van der Waals surface area contributed by atoms with Crippen molar-refractivity contribution in [1.29, 1.82) is 0 Å². The van der Waals surface area contributed by atoms with Crippen molar-refractivity contribution in [1.82, 2.24) is 4.90 Å². The quantitative estimate of drug-likeness (QED) is 0.762. The number of nitrogens with zero attached hydrogens (tertiary/aromatic N) is 1. The maximum absolute atomic E-state index is 6.37. The molecular formula is C13H23NOSi2. The second-order valence-corrected chi connectivity index (χ2v) is 14.7. The van der Waals surface area contributed by atoms with Gasteiger partial charge in [-0.05, 0) is 31.8 Å². The highest BCUT2D eigenvalue weighted by Gasteiger charge is 2.40. The van der Waals surface area contributed by atoms with Gasteiger partial charge >= 0.3 is 0 Å². The standard InChI is InChI=1S/C13H23NOSi2/c1-16(2)11-14(12-17(3,4)15-16)10-13-8-6-5-7-9-13/h5-9H,10-12H2,1-4H3. The lowest BCUT2D eigenvalue weighted by Crippen LogP contribution is -2.62. The first-order valence-corrected chi connectivity index (χ1v) is 12.6. The van der Waals surface area contributed by atoms with E-state index >= 15 is 0 Å². The van der Waals surface area contributed by atoms with Crippen molar-refractivity contribution in [3.8, 4) is 0 Å². The summed E-state index contributed by atoms with van der Waals surface area (Å²) in [6.45, 7) is 10.5. The summed E-state index contributed by atoms with van der Waals surface area (Å²) < 4.78 is 6.37. The topological polar surface area (TPSA) is 12.5 Å². The highest BCUT2D eigenvalue weighted by atomic mass is 28.4. The molecule has 0 aliphatic carbocycles. The number of rotatable bonds is 2. The summed E-state index contributed by atoms with van der Waals surface area (Å²) in [5.74, 6) is 0. The Balaban J connectivity index is 2.06. The Bertz CT molecular complexity index is 362. The molecule has 0 spiro atoms. The van der Waals surface area contributed by atoms with Crippen LogP contribution >= 0.6 is 0 Å². The third-order valence-electron chi connectivity index (χ3n) is 3.01. The van der Waals surface area contributed by atoms with E-state index in [1.165, 1.54) is 17.9 Å². The maximum Gasteiger partial charge on any atom is 0.187 e. The molecule has 4 heteroatoms. The minimum atomic E-state index is -1.46. The summed E-state index contributed by atoms with van der Waals surface area (Å²) in [5.41, 5.74) is 1.42. The van der Waals surface area contributed by atoms with Gasteiger partial charge in [-0.2, -0.15) is 0 Å².